The van der Waals surface area contributed by atoms with E-state index in [2.05, 4.69) is 10.3 Å². The van der Waals surface area contributed by atoms with Crippen LogP contribution in [0.4, 0.5) is 0 Å². The van der Waals surface area contributed by atoms with Crippen molar-refractivity contribution in [2.24, 2.45) is 0 Å². The molecule has 0 radical (unpaired) electrons. The lowest BCUT2D eigenvalue weighted by Crippen LogP contribution is -2.47. The number of amides is 1. The number of pyridine rings is 1. The number of rotatable bonds is 4. The van der Waals surface area contributed by atoms with Crippen molar-refractivity contribution < 1.29 is 19.8 Å². The van der Waals surface area contributed by atoms with E-state index in [1.807, 2.05) is 0 Å². The van der Waals surface area contributed by atoms with Crippen molar-refractivity contribution in [3.05, 3.63) is 46.0 Å². The number of nitrogens with zero attached hydrogens (tertiary/aromatic N) is 2. The molecule has 0 bridgehead atoms. The van der Waals surface area contributed by atoms with Gasteiger partial charge in [0.05, 0.1) is 6.54 Å². The molecule has 22 heavy (non-hydrogen) atoms. The minimum atomic E-state index is -2.12. The number of nitrogens with one attached hydrogen (secondary N) is 1. The molecule has 3 N–H and O–H groups in total. The third kappa shape index (κ3) is 2.96. The highest BCUT2D eigenvalue weighted by atomic mass is 16.4. The quantitative estimate of drug-likeness (QED) is 0.704. The first-order chi connectivity index (χ1) is 10.2. The van der Waals surface area contributed by atoms with Crippen LogP contribution in [0.1, 0.15) is 22.8 Å². The van der Waals surface area contributed by atoms with Crippen LogP contribution in [-0.2, 0) is 4.79 Å². The zero-order chi connectivity index (χ0) is 16.5. The Bertz CT molecular complexity index is 810. The predicted molar refractivity (Wildman–Crippen MR) is 76.8 cm³/mol. The van der Waals surface area contributed by atoms with Crippen molar-refractivity contribution in [3.8, 4) is 0 Å². The van der Waals surface area contributed by atoms with Crippen LogP contribution >= 0.6 is 0 Å². The van der Waals surface area contributed by atoms with Gasteiger partial charge in [0.25, 0.3) is 11.5 Å². The van der Waals surface area contributed by atoms with Gasteiger partial charge in [-0.1, -0.05) is 6.07 Å². The van der Waals surface area contributed by atoms with Crippen LogP contribution in [0.2, 0.25) is 0 Å². The summed E-state index contributed by atoms with van der Waals surface area (Å²) in [6.45, 7) is 2.31. The second-order valence-electron chi connectivity index (χ2n) is 5.17. The van der Waals surface area contributed by atoms with Gasteiger partial charge in [-0.05, 0) is 25.5 Å². The fourth-order valence-corrected chi connectivity index (χ4v) is 1.76. The van der Waals surface area contributed by atoms with Crippen molar-refractivity contribution in [3.63, 3.8) is 0 Å². The summed E-state index contributed by atoms with van der Waals surface area (Å²) in [7, 11) is 0. The molecule has 0 aliphatic rings. The Morgan fingerprint density at radius 2 is 2.09 bits per heavy atom. The number of carbonyl (C=O) groups is 2. The maximum atomic E-state index is 12.3. The smallest absolute Gasteiger partial charge is 0.337 e. The Morgan fingerprint density at radius 1 is 1.41 bits per heavy atom. The summed E-state index contributed by atoms with van der Waals surface area (Å²) in [4.78, 5) is 39.0. The number of fused-ring (bicyclic) bond motifs is 1. The van der Waals surface area contributed by atoms with Crippen molar-refractivity contribution in [2.45, 2.75) is 19.4 Å². The first kappa shape index (κ1) is 15.6. The number of carboxylic acid groups (broad SMARTS) is 1. The minimum Gasteiger partial charge on any atom is -0.479 e. The van der Waals surface area contributed by atoms with Gasteiger partial charge in [-0.25, -0.2) is 9.78 Å². The minimum absolute atomic E-state index is 0.232. The Hall–Kier alpha value is -2.74. The van der Waals surface area contributed by atoms with Gasteiger partial charge in [-0.2, -0.15) is 0 Å². The molecule has 2 rings (SSSR count). The summed E-state index contributed by atoms with van der Waals surface area (Å²) < 4.78 is 1.24. The molecule has 8 heteroatoms. The number of carboxylic acids is 1. The van der Waals surface area contributed by atoms with E-state index in [1.54, 1.807) is 25.3 Å². The number of carbonyl (C=O) groups excluding carboxylic acids is 1. The SMILES string of the molecule is Cc1ccc2ncc(C(=O)NCC(C)(O)C(=O)O)c(=O)n2c1. The normalized spacial score (nSPS) is 13.6. The van der Waals surface area contributed by atoms with Gasteiger partial charge in [-0.3, -0.25) is 14.0 Å². The molecule has 2 heterocycles. The first-order valence-corrected chi connectivity index (χ1v) is 6.44. The van der Waals surface area contributed by atoms with E-state index < -0.39 is 29.6 Å². The Morgan fingerprint density at radius 3 is 2.73 bits per heavy atom. The van der Waals surface area contributed by atoms with E-state index in [0.29, 0.717) is 5.65 Å². The molecule has 0 saturated carbocycles. The maximum Gasteiger partial charge on any atom is 0.337 e. The monoisotopic (exact) mass is 305 g/mol. The molecule has 0 spiro atoms. The fraction of sp³-hybridized carbons (Fsp3) is 0.286. The lowest BCUT2D eigenvalue weighted by atomic mass is 10.1. The Kier molecular flexibility index (Phi) is 3.96. The summed E-state index contributed by atoms with van der Waals surface area (Å²) in [5.41, 5.74) is -1.70. The molecular weight excluding hydrogens is 290 g/mol. The third-order valence-electron chi connectivity index (χ3n) is 3.15. The van der Waals surface area contributed by atoms with Crippen LogP contribution in [0.3, 0.4) is 0 Å². The van der Waals surface area contributed by atoms with Gasteiger partial charge in [0, 0.05) is 12.4 Å². The molecule has 1 atom stereocenters. The summed E-state index contributed by atoms with van der Waals surface area (Å²) in [6.07, 6.45) is 2.67. The largest absolute Gasteiger partial charge is 0.479 e. The maximum absolute atomic E-state index is 12.3. The molecule has 1 unspecified atom stereocenters. The molecule has 0 saturated heterocycles. The zero-order valence-corrected chi connectivity index (χ0v) is 12.0. The van der Waals surface area contributed by atoms with E-state index in [0.717, 1.165) is 18.7 Å². The highest BCUT2D eigenvalue weighted by Gasteiger charge is 2.30. The molecule has 0 aliphatic carbocycles. The Labute approximate surface area is 125 Å². The summed E-state index contributed by atoms with van der Waals surface area (Å²) in [5.74, 6) is -2.27. The molecule has 0 fully saturated rings. The van der Waals surface area contributed by atoms with Gasteiger partial charge < -0.3 is 15.5 Å². The van der Waals surface area contributed by atoms with Crippen molar-refractivity contribution >= 4 is 17.5 Å². The van der Waals surface area contributed by atoms with Crippen molar-refractivity contribution in [2.75, 3.05) is 6.54 Å². The van der Waals surface area contributed by atoms with Gasteiger partial charge in [0.2, 0.25) is 0 Å². The van der Waals surface area contributed by atoms with E-state index >= 15 is 0 Å². The molecule has 2 aromatic rings. The van der Waals surface area contributed by atoms with Crippen LogP contribution in [0.25, 0.3) is 5.65 Å². The van der Waals surface area contributed by atoms with Gasteiger partial charge in [0.15, 0.2) is 5.60 Å². The number of aliphatic hydroxyl groups is 1. The van der Waals surface area contributed by atoms with Crippen LogP contribution in [0, 0.1) is 6.92 Å². The van der Waals surface area contributed by atoms with E-state index in [9.17, 15) is 19.5 Å². The number of hydrogen-bond donors (Lipinski definition) is 3. The highest BCUT2D eigenvalue weighted by Crippen LogP contribution is 2.03. The molecule has 2 aromatic heterocycles. The molecule has 1 amide bonds. The fourth-order valence-electron chi connectivity index (χ4n) is 1.76. The lowest BCUT2D eigenvalue weighted by molar-refractivity contribution is -0.155. The molecule has 0 aromatic carbocycles. The molecule has 116 valence electrons. The second kappa shape index (κ2) is 5.57. The van der Waals surface area contributed by atoms with E-state index in [4.69, 9.17) is 5.11 Å². The number of aryl methyl sites for hydroxylation is 1. The second-order valence-corrected chi connectivity index (χ2v) is 5.17. The molecular formula is C14H15N3O5. The van der Waals surface area contributed by atoms with Crippen LogP contribution in [0.5, 0.6) is 0 Å². The first-order valence-electron chi connectivity index (χ1n) is 6.44. The summed E-state index contributed by atoms with van der Waals surface area (Å²) >= 11 is 0. The lowest BCUT2D eigenvalue weighted by Gasteiger charge is -2.18. The molecule has 0 aliphatic heterocycles. The third-order valence-corrected chi connectivity index (χ3v) is 3.15. The van der Waals surface area contributed by atoms with Crippen molar-refractivity contribution in [1.82, 2.24) is 14.7 Å². The van der Waals surface area contributed by atoms with E-state index in [-0.39, 0.29) is 5.56 Å². The van der Waals surface area contributed by atoms with E-state index in [1.165, 1.54) is 4.40 Å². The van der Waals surface area contributed by atoms with Gasteiger partial charge >= 0.3 is 5.97 Å². The zero-order valence-electron chi connectivity index (χ0n) is 12.0. The number of aliphatic carboxylic acids is 1. The average molecular weight is 305 g/mol. The van der Waals surface area contributed by atoms with Crippen LogP contribution < -0.4 is 10.9 Å². The summed E-state index contributed by atoms with van der Waals surface area (Å²) in [6, 6.07) is 3.43. The van der Waals surface area contributed by atoms with Gasteiger partial charge in [-0.15, -0.1) is 0 Å². The average Bonchev–Trinajstić information content (AvgIpc) is 2.45. The Balaban J connectivity index is 2.31. The highest BCUT2D eigenvalue weighted by molar-refractivity contribution is 5.94. The van der Waals surface area contributed by atoms with Crippen LogP contribution in [-0.4, -0.2) is 43.6 Å². The van der Waals surface area contributed by atoms with Gasteiger partial charge in [0.1, 0.15) is 11.2 Å². The standard InChI is InChI=1S/C14H15N3O5/c1-8-3-4-10-15-5-9(12(19)17(10)6-8)11(18)16-7-14(2,22)13(20)21/h3-6,22H,7H2,1-2H3,(H,16,18)(H,20,21). The number of hydrogen-bond acceptors (Lipinski definition) is 5. The topological polar surface area (TPSA) is 121 Å². The van der Waals surface area contributed by atoms with Crippen LogP contribution in [0.15, 0.2) is 29.3 Å². The summed E-state index contributed by atoms with van der Waals surface area (Å²) in [5, 5.41) is 20.5. The predicted octanol–water partition coefficient (Wildman–Crippen LogP) is -0.432. The molecule has 8 nitrogen and oxygen atoms in total. The number of aromatic nitrogens is 2. The van der Waals surface area contributed by atoms with Crippen molar-refractivity contribution in [1.29, 1.82) is 0 Å².